The fraction of sp³-hybridized carbons (Fsp3) is 0.435. The van der Waals surface area contributed by atoms with Gasteiger partial charge in [0.25, 0.3) is 0 Å². The quantitative estimate of drug-likeness (QED) is 0.295. The third-order valence-corrected chi connectivity index (χ3v) is 5.43. The normalized spacial score (nSPS) is 14.5. The average Bonchev–Trinajstić information content (AvgIpc) is 2.78. The lowest BCUT2D eigenvalue weighted by atomic mass is 10.1. The molecule has 0 aliphatic carbocycles. The number of benzene rings is 2. The van der Waals surface area contributed by atoms with Crippen molar-refractivity contribution in [1.29, 1.82) is 5.41 Å². The summed E-state index contributed by atoms with van der Waals surface area (Å²) in [4.78, 5) is 4.16. The Kier molecular flexibility index (Phi) is 10.8. The number of rotatable bonds is 6. The van der Waals surface area contributed by atoms with Gasteiger partial charge in [-0.25, -0.2) is 0 Å². The summed E-state index contributed by atoms with van der Waals surface area (Å²) in [5, 5.41) is 8.31. The molecule has 0 atom stereocenters. The van der Waals surface area contributed by atoms with E-state index < -0.39 is 11.7 Å². The maximum absolute atomic E-state index is 12.9. The molecule has 5 nitrogen and oxygen atoms in total. The molecule has 2 aromatic rings. The van der Waals surface area contributed by atoms with Gasteiger partial charge >= 0.3 is 6.18 Å². The molecule has 10 heteroatoms. The van der Waals surface area contributed by atoms with Crippen molar-refractivity contribution >= 4 is 29.6 Å². The number of amidine groups is 1. The highest BCUT2D eigenvalue weighted by Crippen LogP contribution is 2.30. The van der Waals surface area contributed by atoms with Crippen molar-refractivity contribution in [3.8, 4) is 5.75 Å². The molecule has 182 valence electrons. The van der Waals surface area contributed by atoms with Crippen LogP contribution in [0.2, 0.25) is 0 Å². The van der Waals surface area contributed by atoms with Crippen LogP contribution < -0.4 is 4.74 Å². The maximum Gasteiger partial charge on any atom is 0.416 e. The molecule has 2 aromatic carbocycles. The molecule has 1 aliphatic heterocycles. The zero-order chi connectivity index (χ0) is 24.4. The number of hydrogen-bond acceptors (Lipinski definition) is 4. The summed E-state index contributed by atoms with van der Waals surface area (Å²) >= 11 is 8.53. The van der Waals surface area contributed by atoms with Crippen LogP contribution in [-0.2, 0) is 10.0 Å². The monoisotopic (exact) mass is 505 g/mol. The van der Waals surface area contributed by atoms with Crippen molar-refractivity contribution in [2.45, 2.75) is 26.4 Å². The zero-order valence-corrected chi connectivity index (χ0v) is 20.1. The summed E-state index contributed by atoms with van der Waals surface area (Å²) in [7, 11) is 0. The molecule has 0 unspecified atom stereocenters. The highest BCUT2D eigenvalue weighted by atomic mass is 35.6. The third kappa shape index (κ3) is 8.37. The van der Waals surface area contributed by atoms with Crippen molar-refractivity contribution in [1.82, 2.24) is 9.80 Å². The van der Waals surface area contributed by atoms with E-state index in [4.69, 9.17) is 10.1 Å². The Hall–Kier alpha value is -2.00. The van der Waals surface area contributed by atoms with Gasteiger partial charge in [0.15, 0.2) is 0 Å². The van der Waals surface area contributed by atoms with Crippen LogP contribution in [0, 0.1) is 19.3 Å². The lowest BCUT2D eigenvalue weighted by Crippen LogP contribution is -2.49. The van der Waals surface area contributed by atoms with Crippen LogP contribution in [0.3, 0.4) is 0 Å². The molecule has 0 aromatic heterocycles. The number of hydrogen-bond donors (Lipinski definition) is 1. The summed E-state index contributed by atoms with van der Waals surface area (Å²) in [6, 6.07) is 11.1. The molecule has 1 aliphatic rings. The minimum absolute atomic E-state index is 0.152. The Morgan fingerprint density at radius 2 is 1.58 bits per heavy atom. The Bertz CT molecular complexity index is 885. The van der Waals surface area contributed by atoms with Gasteiger partial charge in [0, 0.05) is 38.3 Å². The van der Waals surface area contributed by atoms with Gasteiger partial charge in [0.05, 0.1) is 35.9 Å². The van der Waals surface area contributed by atoms with Crippen LogP contribution in [0.1, 0.15) is 28.7 Å². The van der Waals surface area contributed by atoms with Crippen molar-refractivity contribution < 1.29 is 21.7 Å². The van der Waals surface area contributed by atoms with Crippen molar-refractivity contribution in [3.63, 3.8) is 0 Å². The zero-order valence-electron chi connectivity index (χ0n) is 18.6. The van der Waals surface area contributed by atoms with Crippen molar-refractivity contribution in [3.05, 3.63) is 64.7 Å². The first kappa shape index (κ1) is 27.2. The topological polar surface area (TPSA) is 48.8 Å². The molecule has 0 amide bonds. The molecule has 3 rings (SSSR count). The largest absolute Gasteiger partial charge is 0.493 e. The van der Waals surface area contributed by atoms with E-state index in [0.717, 1.165) is 55.1 Å². The Morgan fingerprint density at radius 1 is 1.00 bits per heavy atom. The van der Waals surface area contributed by atoms with Gasteiger partial charge in [-0.2, -0.15) is 17.0 Å². The summed E-state index contributed by atoms with van der Waals surface area (Å²) < 4.78 is 47.9. The van der Waals surface area contributed by atoms with Crippen LogP contribution in [0.5, 0.6) is 5.75 Å². The van der Waals surface area contributed by atoms with Gasteiger partial charge in [-0.1, -0.05) is 30.3 Å². The predicted molar refractivity (Wildman–Crippen MR) is 125 cm³/mol. The van der Waals surface area contributed by atoms with Crippen LogP contribution in [-0.4, -0.2) is 55.0 Å². The first-order valence-electron chi connectivity index (χ1n) is 10.5. The Morgan fingerprint density at radius 3 is 2.15 bits per heavy atom. The minimum Gasteiger partial charge on any atom is -0.493 e. The first-order chi connectivity index (χ1) is 15.7. The number of nitrogens with zero attached hydrogens (tertiary/aromatic N) is 2. The molecule has 33 heavy (non-hydrogen) atoms. The van der Waals surface area contributed by atoms with Crippen LogP contribution in [0.25, 0.3) is 0 Å². The minimum atomic E-state index is -4.39. The molecule has 1 N–H and O–H groups in total. The molecular formula is C23H28Cl2F3N3O2. The maximum atomic E-state index is 12.9. The standard InChI is InChI=1S/C23H28F3N3O.Cl2O/c1-17-6-3-7-18(2)21(17)30-15-5-10-28-11-13-29(14-12-28)22(27)19-8-4-9-20(16-19)23(24,25)26;1-3-2/h3-4,6-9,16,27H,5,10-15H2,1-2H3;. The van der Waals surface area contributed by atoms with E-state index in [9.17, 15) is 13.2 Å². The van der Waals surface area contributed by atoms with E-state index in [1.54, 1.807) is 6.07 Å². The summed E-state index contributed by atoms with van der Waals surface area (Å²) in [5.74, 6) is 1.11. The average molecular weight is 506 g/mol. The fourth-order valence-corrected chi connectivity index (χ4v) is 3.71. The molecule has 1 saturated heterocycles. The van der Waals surface area contributed by atoms with Crippen molar-refractivity contribution in [2.75, 3.05) is 39.3 Å². The smallest absolute Gasteiger partial charge is 0.416 e. The van der Waals surface area contributed by atoms with Gasteiger partial charge < -0.3 is 9.64 Å². The molecule has 0 bridgehead atoms. The number of halogens is 5. The Balaban J connectivity index is 0.00000122. The third-order valence-electron chi connectivity index (χ3n) is 5.43. The van der Waals surface area contributed by atoms with E-state index in [2.05, 4.69) is 32.5 Å². The van der Waals surface area contributed by atoms with Crippen LogP contribution in [0.4, 0.5) is 13.2 Å². The fourth-order valence-electron chi connectivity index (χ4n) is 3.71. The number of para-hydroxylation sites is 1. The molecule has 1 fully saturated rings. The van der Waals surface area contributed by atoms with Crippen LogP contribution >= 0.6 is 23.7 Å². The summed E-state index contributed by atoms with van der Waals surface area (Å²) in [6.07, 6.45) is -3.49. The van der Waals surface area contributed by atoms with Crippen LogP contribution in [0.15, 0.2) is 42.5 Å². The molecular weight excluding hydrogens is 478 g/mol. The lowest BCUT2D eigenvalue weighted by Gasteiger charge is -2.36. The highest BCUT2D eigenvalue weighted by molar-refractivity contribution is 6.24. The SMILES string of the molecule is Cc1cccc(C)c1OCCCN1CCN(C(=N)c2cccc(C(F)(F)F)c2)CC1.ClOCl. The van der Waals surface area contributed by atoms with Gasteiger partial charge in [0.1, 0.15) is 11.6 Å². The van der Waals surface area contributed by atoms with E-state index in [1.165, 1.54) is 6.07 Å². The van der Waals surface area contributed by atoms with E-state index in [0.29, 0.717) is 25.3 Å². The van der Waals surface area contributed by atoms with Gasteiger partial charge in [-0.15, -0.1) is 0 Å². The second kappa shape index (κ2) is 13.0. The number of aryl methyl sites for hydroxylation is 2. The molecule has 1 heterocycles. The molecule has 0 saturated carbocycles. The van der Waals surface area contributed by atoms with E-state index >= 15 is 0 Å². The number of ether oxygens (including phenoxy) is 1. The summed E-state index contributed by atoms with van der Waals surface area (Å²) in [6.45, 7) is 8.46. The number of nitrogens with one attached hydrogen (secondary N) is 1. The first-order valence-corrected chi connectivity index (χ1v) is 11.1. The van der Waals surface area contributed by atoms with Gasteiger partial charge in [0.2, 0.25) is 0 Å². The molecule has 0 spiro atoms. The number of piperazine rings is 1. The van der Waals surface area contributed by atoms with Gasteiger partial charge in [-0.05, 0) is 43.5 Å². The molecule has 0 radical (unpaired) electrons. The van der Waals surface area contributed by atoms with E-state index in [1.807, 2.05) is 36.9 Å². The highest BCUT2D eigenvalue weighted by Gasteiger charge is 2.31. The summed E-state index contributed by atoms with van der Waals surface area (Å²) in [5.41, 5.74) is 1.86. The predicted octanol–water partition coefficient (Wildman–Crippen LogP) is 6.04. The second-order valence-electron chi connectivity index (χ2n) is 7.74. The second-order valence-corrected chi connectivity index (χ2v) is 8.20. The van der Waals surface area contributed by atoms with E-state index in [-0.39, 0.29) is 5.84 Å². The van der Waals surface area contributed by atoms with Gasteiger partial charge in [-0.3, -0.25) is 10.3 Å². The van der Waals surface area contributed by atoms with Crippen molar-refractivity contribution in [2.24, 2.45) is 0 Å². The number of alkyl halides is 3. The lowest BCUT2D eigenvalue weighted by molar-refractivity contribution is -0.137. The Labute approximate surface area is 202 Å².